The predicted octanol–water partition coefficient (Wildman–Crippen LogP) is 4.39. The number of carbonyl (C=O) groups excluding carboxylic acids is 4. The number of Topliss-reactive ketones (excluding diaryl/α,β-unsaturated/α-hetero) is 1. The number of esters is 2. The van der Waals surface area contributed by atoms with E-state index in [-0.39, 0.29) is 29.6 Å². The fraction of sp³-hybridized carbons (Fsp3) is 0.500. The maximum Gasteiger partial charge on any atom is 0.338 e. The number of nitrogens with one attached hydrogen (secondary N) is 1. The number of hydrogen-bond acceptors (Lipinski definition) is 13. The van der Waals surface area contributed by atoms with Gasteiger partial charge in [0.1, 0.15) is 11.7 Å². The van der Waals surface area contributed by atoms with Crippen LogP contribution in [-0.2, 0) is 33.3 Å². The standard InChI is InChI=1S/C48H57NO13/c1-26-33(60-44(57)37(53)36(29-16-10-7-11-17-29)49-42(55)30-18-12-8-13-19-30)25-48(58)41(61-43(56)31-20-14-9-15-21-31)39-46(6,34(52)24-32-22-23-47(32,39)62-28(3)51)40(54)38(59-27(2)50)35(26)45(48,4)5/h7-21,28,32-34,36-39,41,43,51-53,56,58H,22-25H2,1-6H3,(H,49,55)/t28?,32-,33+,34+,36+,37-,38-,39+,41+,43?,46-,47+,48-/m1/s1. The van der Waals surface area contributed by atoms with Gasteiger partial charge >= 0.3 is 11.9 Å². The smallest absolute Gasteiger partial charge is 0.338 e. The highest BCUT2D eigenvalue weighted by atomic mass is 16.6. The molecule has 7 rings (SSSR count). The minimum atomic E-state index is -2.24. The lowest BCUT2D eigenvalue weighted by Crippen LogP contribution is -2.78. The molecule has 3 aromatic rings. The number of benzene rings is 3. The summed E-state index contributed by atoms with van der Waals surface area (Å²) in [4.78, 5) is 56.4. The first-order valence-electron chi connectivity index (χ1n) is 21.1. The van der Waals surface area contributed by atoms with E-state index in [1.807, 2.05) is 0 Å². The SMILES string of the molecule is CC(=O)O[C@H]1C(=O)[C@@]2(C)[C@H]([C@H](OC(O)c3ccccc3)[C@]3(O)C[C@H](OC(=O)[C@H](O)[C@@H](NC(=O)c4ccccc4)c4ccccc4)C(C)=C1C3(C)C)[C@]1(OC(C)O)CC[C@@H]1C[C@@H]2O. The molecule has 2 bridgehead atoms. The molecule has 332 valence electrons. The highest BCUT2D eigenvalue weighted by molar-refractivity contribution is 5.96. The molecule has 4 aliphatic rings. The van der Waals surface area contributed by atoms with Gasteiger partial charge in [0, 0.05) is 35.8 Å². The highest BCUT2D eigenvalue weighted by Gasteiger charge is 2.76. The van der Waals surface area contributed by atoms with Gasteiger partial charge in [-0.05, 0) is 74.8 Å². The Labute approximate surface area is 360 Å². The molecule has 3 aromatic carbocycles. The van der Waals surface area contributed by atoms with Crippen molar-refractivity contribution >= 4 is 23.6 Å². The van der Waals surface area contributed by atoms with Gasteiger partial charge in [0.2, 0.25) is 0 Å². The van der Waals surface area contributed by atoms with Gasteiger partial charge in [0.05, 0.1) is 29.3 Å². The van der Waals surface area contributed by atoms with E-state index >= 15 is 4.79 Å². The average Bonchev–Trinajstić information content (AvgIpc) is 3.24. The normalized spacial score (nSPS) is 33.2. The van der Waals surface area contributed by atoms with Crippen molar-refractivity contribution < 1.29 is 63.7 Å². The number of amides is 1. The second-order valence-corrected chi connectivity index (χ2v) is 18.0. The Morgan fingerprint density at radius 1 is 0.855 bits per heavy atom. The molecule has 14 nitrogen and oxygen atoms in total. The van der Waals surface area contributed by atoms with Crippen molar-refractivity contribution in [1.82, 2.24) is 5.32 Å². The number of aliphatic hydroxyl groups excluding tert-OH is 4. The predicted molar refractivity (Wildman–Crippen MR) is 222 cm³/mol. The maximum absolute atomic E-state index is 15.6. The van der Waals surface area contributed by atoms with E-state index in [4.69, 9.17) is 18.9 Å². The maximum atomic E-state index is 15.6. The van der Waals surface area contributed by atoms with Crippen LogP contribution in [0.3, 0.4) is 0 Å². The summed E-state index contributed by atoms with van der Waals surface area (Å²) < 4.78 is 25.2. The number of hydrogen-bond donors (Lipinski definition) is 6. The van der Waals surface area contributed by atoms with Gasteiger partial charge in [-0.2, -0.15) is 0 Å². The molecule has 62 heavy (non-hydrogen) atoms. The van der Waals surface area contributed by atoms with Gasteiger partial charge in [-0.3, -0.25) is 14.4 Å². The lowest BCUT2D eigenvalue weighted by Gasteiger charge is -2.69. The van der Waals surface area contributed by atoms with E-state index in [0.29, 0.717) is 17.5 Å². The van der Waals surface area contributed by atoms with E-state index in [2.05, 4.69) is 5.32 Å². The van der Waals surface area contributed by atoms with Crippen LogP contribution in [0.2, 0.25) is 0 Å². The lowest BCUT2D eigenvalue weighted by atomic mass is 9.41. The number of rotatable bonds is 12. The van der Waals surface area contributed by atoms with Crippen LogP contribution in [0.1, 0.15) is 101 Å². The highest BCUT2D eigenvalue weighted by Crippen LogP contribution is 2.67. The van der Waals surface area contributed by atoms with E-state index in [0.717, 1.165) is 6.92 Å². The van der Waals surface area contributed by atoms with E-state index in [1.54, 1.807) is 112 Å². The summed E-state index contributed by atoms with van der Waals surface area (Å²) in [6, 6.07) is 23.7. The number of carbonyl (C=O) groups is 4. The molecule has 0 spiro atoms. The largest absolute Gasteiger partial charge is 0.456 e. The van der Waals surface area contributed by atoms with Crippen molar-refractivity contribution in [3.63, 3.8) is 0 Å². The van der Waals surface area contributed by atoms with Crippen LogP contribution in [0.4, 0.5) is 0 Å². The molecule has 0 saturated heterocycles. The first-order chi connectivity index (χ1) is 29.3. The molecule has 0 aromatic heterocycles. The summed E-state index contributed by atoms with van der Waals surface area (Å²) in [7, 11) is 0. The zero-order valence-corrected chi connectivity index (χ0v) is 35.8. The first kappa shape index (κ1) is 45.2. The minimum Gasteiger partial charge on any atom is -0.456 e. The van der Waals surface area contributed by atoms with Crippen LogP contribution in [0.5, 0.6) is 0 Å². The molecule has 2 unspecified atom stereocenters. The molecule has 3 fully saturated rings. The Morgan fingerprint density at radius 2 is 1.44 bits per heavy atom. The monoisotopic (exact) mass is 855 g/mol. The van der Waals surface area contributed by atoms with Crippen molar-refractivity contribution in [3.05, 3.63) is 119 Å². The number of aliphatic hydroxyl groups is 5. The van der Waals surface area contributed by atoms with Crippen LogP contribution in [0.15, 0.2) is 102 Å². The van der Waals surface area contributed by atoms with Crippen molar-refractivity contribution in [2.75, 3.05) is 0 Å². The van der Waals surface area contributed by atoms with Crippen LogP contribution < -0.4 is 5.32 Å². The molecule has 3 saturated carbocycles. The molecule has 6 N–H and O–H groups in total. The molecular weight excluding hydrogens is 799 g/mol. The fourth-order valence-corrected chi connectivity index (χ4v) is 10.9. The zero-order valence-electron chi connectivity index (χ0n) is 35.8. The summed E-state index contributed by atoms with van der Waals surface area (Å²) in [6.07, 6.45) is -10.7. The Balaban J connectivity index is 1.38. The Morgan fingerprint density at radius 3 is 1.98 bits per heavy atom. The third-order valence-electron chi connectivity index (χ3n) is 14.2. The van der Waals surface area contributed by atoms with Crippen LogP contribution >= 0.6 is 0 Å². The van der Waals surface area contributed by atoms with Gasteiger partial charge in [0.15, 0.2) is 30.6 Å². The second-order valence-electron chi connectivity index (χ2n) is 18.0. The molecule has 4 aliphatic carbocycles. The Kier molecular flexibility index (Phi) is 12.4. The van der Waals surface area contributed by atoms with Gasteiger partial charge in [-0.25, -0.2) is 4.79 Å². The van der Waals surface area contributed by atoms with Gasteiger partial charge in [0.25, 0.3) is 5.91 Å². The molecule has 0 radical (unpaired) electrons. The second kappa shape index (κ2) is 17.1. The van der Waals surface area contributed by atoms with Crippen molar-refractivity contribution in [1.29, 1.82) is 0 Å². The molecule has 14 heteroatoms. The Hall–Kier alpha value is -4.80. The average molecular weight is 856 g/mol. The molecule has 0 aliphatic heterocycles. The van der Waals surface area contributed by atoms with Crippen molar-refractivity contribution in [2.45, 2.75) is 128 Å². The van der Waals surface area contributed by atoms with Gasteiger partial charge < -0.3 is 49.8 Å². The summed E-state index contributed by atoms with van der Waals surface area (Å²) in [5.74, 6) is -5.07. The molecule has 13 atom stereocenters. The first-order valence-corrected chi connectivity index (χ1v) is 21.1. The molecule has 0 heterocycles. The summed E-state index contributed by atoms with van der Waals surface area (Å²) >= 11 is 0. The van der Waals surface area contributed by atoms with Gasteiger partial charge in [-0.15, -0.1) is 0 Å². The Bertz CT molecular complexity index is 2180. The topological polar surface area (TPSA) is 218 Å². The lowest BCUT2D eigenvalue weighted by molar-refractivity contribution is -0.351. The molecule has 1 amide bonds. The van der Waals surface area contributed by atoms with Crippen molar-refractivity contribution in [2.24, 2.45) is 22.7 Å². The van der Waals surface area contributed by atoms with Crippen LogP contribution in [0, 0.1) is 22.7 Å². The minimum absolute atomic E-state index is 0.0756. The number of ether oxygens (including phenoxy) is 4. The summed E-state index contributed by atoms with van der Waals surface area (Å²) in [5.41, 5.74) is -5.81. The molecular formula is C48H57NO13. The van der Waals surface area contributed by atoms with Crippen LogP contribution in [-0.4, -0.2) is 97.2 Å². The summed E-state index contributed by atoms with van der Waals surface area (Å²) in [5, 5.41) is 63.3. The van der Waals surface area contributed by atoms with E-state index < -0.39 is 113 Å². The van der Waals surface area contributed by atoms with Crippen molar-refractivity contribution in [3.8, 4) is 0 Å². The van der Waals surface area contributed by atoms with E-state index in [9.17, 15) is 39.9 Å². The zero-order chi connectivity index (χ0) is 44.9. The van der Waals surface area contributed by atoms with Gasteiger partial charge in [-0.1, -0.05) is 92.7 Å². The number of ketones is 1. The third-order valence-corrected chi connectivity index (χ3v) is 14.2. The number of fused-ring (bicyclic) bond motifs is 5. The summed E-state index contributed by atoms with van der Waals surface area (Å²) in [6.45, 7) is 8.92. The quantitative estimate of drug-likeness (QED) is 0.0848. The third kappa shape index (κ3) is 7.59. The fourth-order valence-electron chi connectivity index (χ4n) is 10.9. The van der Waals surface area contributed by atoms with E-state index in [1.165, 1.54) is 13.8 Å². The van der Waals surface area contributed by atoms with Crippen LogP contribution in [0.25, 0.3) is 0 Å².